The third-order valence-corrected chi connectivity index (χ3v) is 3.93. The zero-order chi connectivity index (χ0) is 17.4. The number of benzene rings is 1. The molecule has 0 spiro atoms. The Bertz CT molecular complexity index is 558. The molecule has 0 unspecified atom stereocenters. The monoisotopic (exact) mass is 385 g/mol. The van der Waals surface area contributed by atoms with Crippen LogP contribution in [0.4, 0.5) is 0 Å². The highest BCUT2D eigenvalue weighted by Gasteiger charge is 2.26. The van der Waals surface area contributed by atoms with Crippen molar-refractivity contribution >= 4 is 33.8 Å². The van der Waals surface area contributed by atoms with Crippen LogP contribution in [-0.2, 0) is 19.1 Å². The number of esters is 2. The van der Waals surface area contributed by atoms with E-state index in [1.165, 1.54) is 7.11 Å². The first-order valence-corrected chi connectivity index (χ1v) is 7.98. The lowest BCUT2D eigenvalue weighted by Gasteiger charge is -2.21. The van der Waals surface area contributed by atoms with Crippen molar-refractivity contribution in [3.05, 3.63) is 34.3 Å². The fourth-order valence-corrected chi connectivity index (χ4v) is 2.08. The Labute approximate surface area is 143 Å². The molecule has 126 valence electrons. The van der Waals surface area contributed by atoms with Crippen LogP contribution in [0.25, 0.3) is 0 Å². The van der Waals surface area contributed by atoms with Crippen molar-refractivity contribution in [1.29, 1.82) is 0 Å². The summed E-state index contributed by atoms with van der Waals surface area (Å²) in [6, 6.07) is 5.81. The van der Waals surface area contributed by atoms with Gasteiger partial charge in [0.2, 0.25) is 0 Å². The maximum absolute atomic E-state index is 11.9. The SMILES string of the molecule is CC[C@@H](C)[C@H](NC(=O)COC(=O)c1ccc(Br)cc1)C(=O)OC. The molecule has 1 aromatic rings. The van der Waals surface area contributed by atoms with Gasteiger partial charge in [-0.2, -0.15) is 0 Å². The first-order valence-electron chi connectivity index (χ1n) is 7.18. The third-order valence-electron chi connectivity index (χ3n) is 3.40. The van der Waals surface area contributed by atoms with Gasteiger partial charge in [-0.1, -0.05) is 36.2 Å². The molecule has 1 N–H and O–H groups in total. The lowest BCUT2D eigenvalue weighted by atomic mass is 9.99. The maximum Gasteiger partial charge on any atom is 0.338 e. The standard InChI is InChI=1S/C16H20BrNO5/c1-4-10(2)14(16(21)22-3)18-13(19)9-23-15(20)11-5-7-12(17)8-6-11/h5-8,10,14H,4,9H2,1-3H3,(H,18,19)/t10-,14+/m1/s1. The lowest BCUT2D eigenvalue weighted by Crippen LogP contribution is -2.47. The Kier molecular flexibility index (Phi) is 7.74. The van der Waals surface area contributed by atoms with Crippen molar-refractivity contribution in [1.82, 2.24) is 5.32 Å². The van der Waals surface area contributed by atoms with E-state index in [2.05, 4.69) is 26.0 Å². The molecule has 6 nitrogen and oxygen atoms in total. The number of amides is 1. The first kappa shape index (κ1) is 19.2. The van der Waals surface area contributed by atoms with Crippen LogP contribution in [-0.4, -0.2) is 37.6 Å². The van der Waals surface area contributed by atoms with Gasteiger partial charge in [0.05, 0.1) is 12.7 Å². The van der Waals surface area contributed by atoms with E-state index in [9.17, 15) is 14.4 Å². The van der Waals surface area contributed by atoms with Gasteiger partial charge < -0.3 is 14.8 Å². The molecule has 1 amide bonds. The molecule has 0 fully saturated rings. The Morgan fingerprint density at radius 3 is 2.35 bits per heavy atom. The van der Waals surface area contributed by atoms with E-state index in [1.807, 2.05) is 13.8 Å². The number of hydrogen-bond donors (Lipinski definition) is 1. The van der Waals surface area contributed by atoms with Gasteiger partial charge >= 0.3 is 11.9 Å². The van der Waals surface area contributed by atoms with E-state index in [4.69, 9.17) is 4.74 Å². The van der Waals surface area contributed by atoms with Gasteiger partial charge in [0.1, 0.15) is 6.04 Å². The van der Waals surface area contributed by atoms with Crippen LogP contribution >= 0.6 is 15.9 Å². The number of halogens is 1. The van der Waals surface area contributed by atoms with Gasteiger partial charge in [0.15, 0.2) is 6.61 Å². The highest BCUT2D eigenvalue weighted by molar-refractivity contribution is 9.10. The summed E-state index contributed by atoms with van der Waals surface area (Å²) < 4.78 is 10.4. The van der Waals surface area contributed by atoms with Crippen LogP contribution in [0.5, 0.6) is 0 Å². The smallest absolute Gasteiger partial charge is 0.338 e. The van der Waals surface area contributed by atoms with Crippen LogP contribution in [0.15, 0.2) is 28.7 Å². The van der Waals surface area contributed by atoms with E-state index in [1.54, 1.807) is 24.3 Å². The summed E-state index contributed by atoms with van der Waals surface area (Å²) in [6.45, 7) is 3.27. The molecule has 23 heavy (non-hydrogen) atoms. The summed E-state index contributed by atoms with van der Waals surface area (Å²) in [4.78, 5) is 35.4. The van der Waals surface area contributed by atoms with Crippen molar-refractivity contribution in [2.24, 2.45) is 5.92 Å². The van der Waals surface area contributed by atoms with Crippen molar-refractivity contribution in [3.63, 3.8) is 0 Å². The molecule has 1 aromatic carbocycles. The van der Waals surface area contributed by atoms with E-state index >= 15 is 0 Å². The minimum Gasteiger partial charge on any atom is -0.467 e. The number of carbonyl (C=O) groups excluding carboxylic acids is 3. The number of methoxy groups -OCH3 is 1. The van der Waals surface area contributed by atoms with Gasteiger partial charge in [-0.3, -0.25) is 4.79 Å². The molecule has 2 atom stereocenters. The molecule has 0 saturated heterocycles. The topological polar surface area (TPSA) is 81.7 Å². The molecular formula is C16H20BrNO5. The highest BCUT2D eigenvalue weighted by Crippen LogP contribution is 2.12. The third kappa shape index (κ3) is 6.02. The minimum absolute atomic E-state index is 0.0893. The molecular weight excluding hydrogens is 366 g/mol. The summed E-state index contributed by atoms with van der Waals surface area (Å²) >= 11 is 3.26. The molecule has 0 aromatic heterocycles. The molecule has 0 radical (unpaired) electrons. The molecule has 0 aliphatic carbocycles. The van der Waals surface area contributed by atoms with Crippen LogP contribution in [0.2, 0.25) is 0 Å². The van der Waals surface area contributed by atoms with Crippen molar-refractivity contribution in [3.8, 4) is 0 Å². The Morgan fingerprint density at radius 2 is 1.83 bits per heavy atom. The van der Waals surface area contributed by atoms with E-state index in [0.717, 1.165) is 4.47 Å². The highest BCUT2D eigenvalue weighted by atomic mass is 79.9. The van der Waals surface area contributed by atoms with Crippen LogP contribution in [0.3, 0.4) is 0 Å². The number of hydrogen-bond acceptors (Lipinski definition) is 5. The largest absolute Gasteiger partial charge is 0.467 e. The predicted molar refractivity (Wildman–Crippen MR) is 87.8 cm³/mol. The normalized spacial score (nSPS) is 12.9. The van der Waals surface area contributed by atoms with Crippen LogP contribution in [0, 0.1) is 5.92 Å². The van der Waals surface area contributed by atoms with Gasteiger partial charge in [-0.15, -0.1) is 0 Å². The first-order chi connectivity index (χ1) is 10.9. The fourth-order valence-electron chi connectivity index (χ4n) is 1.81. The number of carbonyl (C=O) groups is 3. The Hall–Kier alpha value is -1.89. The van der Waals surface area contributed by atoms with Gasteiger partial charge in [-0.25, -0.2) is 9.59 Å². The summed E-state index contributed by atoms with van der Waals surface area (Å²) in [6.07, 6.45) is 0.693. The zero-order valence-electron chi connectivity index (χ0n) is 13.3. The van der Waals surface area contributed by atoms with Crippen LogP contribution < -0.4 is 5.32 Å². The second-order valence-corrected chi connectivity index (χ2v) is 5.95. The minimum atomic E-state index is -0.760. The van der Waals surface area contributed by atoms with Gasteiger partial charge in [0.25, 0.3) is 5.91 Å². The number of rotatable bonds is 7. The Morgan fingerprint density at radius 1 is 1.22 bits per heavy atom. The van der Waals surface area contributed by atoms with E-state index in [0.29, 0.717) is 12.0 Å². The second kappa shape index (κ2) is 9.29. The van der Waals surface area contributed by atoms with E-state index in [-0.39, 0.29) is 5.92 Å². The second-order valence-electron chi connectivity index (χ2n) is 5.04. The molecule has 7 heteroatoms. The van der Waals surface area contributed by atoms with Crippen LogP contribution in [0.1, 0.15) is 30.6 Å². The van der Waals surface area contributed by atoms with Gasteiger partial charge in [0, 0.05) is 4.47 Å². The van der Waals surface area contributed by atoms with Gasteiger partial charge in [-0.05, 0) is 30.2 Å². The predicted octanol–water partition coefficient (Wildman–Crippen LogP) is 2.31. The summed E-state index contributed by atoms with van der Waals surface area (Å²) in [5, 5.41) is 2.54. The lowest BCUT2D eigenvalue weighted by molar-refractivity contribution is -0.147. The molecule has 0 aliphatic rings. The van der Waals surface area contributed by atoms with Crippen molar-refractivity contribution in [2.75, 3.05) is 13.7 Å². The summed E-state index contributed by atoms with van der Waals surface area (Å²) in [5.74, 6) is -1.77. The average Bonchev–Trinajstić information content (AvgIpc) is 2.56. The van der Waals surface area contributed by atoms with Crippen molar-refractivity contribution in [2.45, 2.75) is 26.3 Å². The molecule has 0 aliphatic heterocycles. The number of ether oxygens (including phenoxy) is 2. The van der Waals surface area contributed by atoms with E-state index < -0.39 is 30.5 Å². The fraction of sp³-hybridized carbons (Fsp3) is 0.438. The maximum atomic E-state index is 11.9. The Balaban J connectivity index is 2.56. The molecule has 0 bridgehead atoms. The molecule has 1 rings (SSSR count). The number of nitrogens with one attached hydrogen (secondary N) is 1. The molecule has 0 saturated carbocycles. The quantitative estimate of drug-likeness (QED) is 0.728. The summed E-state index contributed by atoms with van der Waals surface area (Å²) in [5.41, 5.74) is 0.340. The van der Waals surface area contributed by atoms with Crippen molar-refractivity contribution < 1.29 is 23.9 Å². The molecule has 0 heterocycles. The zero-order valence-corrected chi connectivity index (χ0v) is 14.9. The summed E-state index contributed by atoms with van der Waals surface area (Å²) in [7, 11) is 1.26. The average molecular weight is 386 g/mol.